The molecule has 1 aliphatic heterocycles. The first-order valence-corrected chi connectivity index (χ1v) is 11.7. The Morgan fingerprint density at radius 3 is 2.50 bits per heavy atom. The van der Waals surface area contributed by atoms with Gasteiger partial charge in [0.1, 0.15) is 17.2 Å². The van der Waals surface area contributed by atoms with E-state index < -0.39 is 17.2 Å². The number of ketones is 1. The summed E-state index contributed by atoms with van der Waals surface area (Å²) in [4.78, 5) is 25.8. The van der Waals surface area contributed by atoms with Crippen molar-refractivity contribution in [3.05, 3.63) is 29.6 Å². The minimum atomic E-state index is -0.611. The minimum Gasteiger partial charge on any atom is -0.493 e. The first-order chi connectivity index (χ1) is 15.1. The molecule has 1 N–H and O–H groups in total. The quantitative estimate of drug-likeness (QED) is 0.448. The van der Waals surface area contributed by atoms with Crippen LogP contribution in [0, 0.1) is 17.2 Å². The summed E-state index contributed by atoms with van der Waals surface area (Å²) in [6, 6.07) is 4.26. The number of piperidine rings is 1. The normalized spacial score (nSPS) is 18.3. The second kappa shape index (κ2) is 10.2. The van der Waals surface area contributed by atoms with Gasteiger partial charge in [-0.3, -0.25) is 4.79 Å². The van der Waals surface area contributed by atoms with Crippen LogP contribution in [0.4, 0.5) is 9.18 Å². The van der Waals surface area contributed by atoms with Crippen molar-refractivity contribution in [1.29, 1.82) is 0 Å². The number of hydrogen-bond donors (Lipinski definition) is 1. The van der Waals surface area contributed by atoms with Crippen LogP contribution in [0.1, 0.15) is 76.1 Å². The van der Waals surface area contributed by atoms with E-state index >= 15 is 0 Å². The highest BCUT2D eigenvalue weighted by molar-refractivity contribution is 5.96. The fourth-order valence-electron chi connectivity index (χ4n) is 4.88. The Morgan fingerprint density at radius 2 is 1.91 bits per heavy atom. The average molecular weight is 450 g/mol. The summed E-state index contributed by atoms with van der Waals surface area (Å²) in [5, 5.41) is 8.82. The lowest BCUT2D eigenvalue weighted by molar-refractivity contribution is -0.0301. The van der Waals surface area contributed by atoms with E-state index in [1.54, 1.807) is 6.07 Å². The van der Waals surface area contributed by atoms with Crippen molar-refractivity contribution in [3.8, 4) is 5.75 Å². The second-order valence-electron chi connectivity index (χ2n) is 10.3. The number of amides is 1. The summed E-state index contributed by atoms with van der Waals surface area (Å²) in [6.07, 6.45) is 6.17. The second-order valence-corrected chi connectivity index (χ2v) is 10.3. The molecular weight excluding hydrogens is 413 g/mol. The zero-order chi connectivity index (χ0) is 23.4. The lowest BCUT2D eigenvalue weighted by Crippen LogP contribution is -2.49. The first kappa shape index (κ1) is 24.5. The zero-order valence-corrected chi connectivity index (χ0v) is 19.5. The van der Waals surface area contributed by atoms with Gasteiger partial charge in [-0.2, -0.15) is 0 Å². The van der Waals surface area contributed by atoms with Crippen molar-refractivity contribution in [2.24, 2.45) is 11.3 Å². The topological polar surface area (TPSA) is 76.1 Å². The molecule has 0 aromatic heterocycles. The van der Waals surface area contributed by atoms with Gasteiger partial charge in [0.2, 0.25) is 0 Å². The van der Waals surface area contributed by atoms with Crippen molar-refractivity contribution in [2.75, 3.05) is 26.3 Å². The fourth-order valence-corrected chi connectivity index (χ4v) is 4.88. The summed E-state index contributed by atoms with van der Waals surface area (Å²) in [6.45, 7) is 7.44. The van der Waals surface area contributed by atoms with Crippen molar-refractivity contribution in [2.45, 2.75) is 71.3 Å². The number of aliphatic hydroxyl groups is 1. The Kier molecular flexibility index (Phi) is 7.80. The van der Waals surface area contributed by atoms with Crippen LogP contribution in [0.2, 0.25) is 0 Å². The van der Waals surface area contributed by atoms with Crippen LogP contribution in [-0.2, 0) is 4.74 Å². The van der Waals surface area contributed by atoms with Crippen molar-refractivity contribution in [1.82, 2.24) is 4.90 Å². The van der Waals surface area contributed by atoms with Gasteiger partial charge in [-0.05, 0) is 82.8 Å². The number of hydrogen-bond acceptors (Lipinski definition) is 5. The smallest absolute Gasteiger partial charge is 0.410 e. The number of nitrogens with zero attached hydrogens (tertiary/aromatic N) is 1. The Morgan fingerprint density at radius 1 is 1.22 bits per heavy atom. The Balaban J connectivity index is 1.33. The summed E-state index contributed by atoms with van der Waals surface area (Å²) in [5.74, 6) is 0.0801. The Labute approximate surface area is 190 Å². The molecule has 0 atom stereocenters. The van der Waals surface area contributed by atoms with Gasteiger partial charge in [0.15, 0.2) is 5.78 Å². The molecule has 1 saturated heterocycles. The molecule has 1 heterocycles. The van der Waals surface area contributed by atoms with Crippen LogP contribution >= 0.6 is 0 Å². The molecule has 32 heavy (non-hydrogen) atoms. The fraction of sp³-hybridized carbons (Fsp3) is 0.680. The van der Waals surface area contributed by atoms with E-state index in [2.05, 4.69) is 0 Å². The molecule has 1 amide bonds. The molecule has 1 spiro atoms. The maximum absolute atomic E-state index is 14.1. The predicted octanol–water partition coefficient (Wildman–Crippen LogP) is 4.98. The SMILES string of the molecule is CC(C)(C)OC(=O)N1CCC2(CC1)CC(CCCOc1ccc(C(=O)CCO)c(F)c1)C2. The number of carbonyl (C=O) groups excluding carboxylic acids is 2. The van der Waals surface area contributed by atoms with Gasteiger partial charge in [0, 0.05) is 25.6 Å². The van der Waals surface area contributed by atoms with Gasteiger partial charge in [-0.15, -0.1) is 0 Å². The molecule has 2 fully saturated rings. The van der Waals surface area contributed by atoms with Gasteiger partial charge >= 0.3 is 6.09 Å². The third-order valence-corrected chi connectivity index (χ3v) is 6.52. The number of rotatable bonds is 8. The van der Waals surface area contributed by atoms with E-state index in [0.29, 0.717) is 23.7 Å². The predicted molar refractivity (Wildman–Crippen MR) is 119 cm³/mol. The van der Waals surface area contributed by atoms with Crippen LogP contribution in [0.3, 0.4) is 0 Å². The number of benzene rings is 1. The van der Waals surface area contributed by atoms with E-state index in [0.717, 1.165) is 38.8 Å². The molecule has 0 bridgehead atoms. The molecule has 0 radical (unpaired) electrons. The van der Waals surface area contributed by atoms with Gasteiger partial charge in [0.05, 0.1) is 18.8 Å². The highest BCUT2D eigenvalue weighted by Gasteiger charge is 2.46. The molecule has 3 rings (SSSR count). The van der Waals surface area contributed by atoms with Crippen LogP contribution < -0.4 is 4.74 Å². The summed E-state index contributed by atoms with van der Waals surface area (Å²) >= 11 is 0. The first-order valence-electron chi connectivity index (χ1n) is 11.7. The van der Waals surface area contributed by atoms with E-state index in [9.17, 15) is 14.0 Å². The third kappa shape index (κ3) is 6.44. The number of carbonyl (C=O) groups is 2. The number of likely N-dealkylation sites (tertiary alicyclic amines) is 1. The molecule has 1 saturated carbocycles. The molecular formula is C25H36FNO5. The molecule has 2 aliphatic rings. The van der Waals surface area contributed by atoms with Crippen LogP contribution in [0.5, 0.6) is 5.75 Å². The van der Waals surface area contributed by atoms with Crippen molar-refractivity contribution >= 4 is 11.9 Å². The molecule has 7 heteroatoms. The molecule has 6 nitrogen and oxygen atoms in total. The van der Waals surface area contributed by atoms with E-state index in [1.165, 1.54) is 25.0 Å². The lowest BCUT2D eigenvalue weighted by Gasteiger charge is -2.52. The molecule has 178 valence electrons. The summed E-state index contributed by atoms with van der Waals surface area (Å²) < 4.78 is 25.2. The van der Waals surface area contributed by atoms with Crippen molar-refractivity contribution < 1.29 is 28.6 Å². The average Bonchev–Trinajstić information content (AvgIpc) is 2.69. The number of ether oxygens (including phenoxy) is 2. The van der Waals surface area contributed by atoms with E-state index in [1.807, 2.05) is 25.7 Å². The Hall–Kier alpha value is -2.15. The maximum Gasteiger partial charge on any atom is 0.410 e. The third-order valence-electron chi connectivity index (χ3n) is 6.52. The van der Waals surface area contributed by atoms with Gasteiger partial charge < -0.3 is 19.5 Å². The van der Waals surface area contributed by atoms with E-state index in [-0.39, 0.29) is 24.7 Å². The molecule has 1 aromatic rings. The largest absolute Gasteiger partial charge is 0.493 e. The Bertz CT molecular complexity index is 803. The van der Waals surface area contributed by atoms with Crippen LogP contribution in [0.25, 0.3) is 0 Å². The van der Waals surface area contributed by atoms with Crippen LogP contribution in [-0.4, -0.2) is 53.8 Å². The number of halogens is 1. The van der Waals surface area contributed by atoms with Crippen LogP contribution in [0.15, 0.2) is 18.2 Å². The summed E-state index contributed by atoms with van der Waals surface area (Å²) in [5.41, 5.74) is -0.0886. The number of aliphatic hydroxyl groups excluding tert-OH is 1. The minimum absolute atomic E-state index is 0.0103. The number of Topliss-reactive ketones (excluding diaryl/α,β-unsaturated/α-hetero) is 1. The zero-order valence-electron chi connectivity index (χ0n) is 19.5. The molecule has 1 aliphatic carbocycles. The van der Waals surface area contributed by atoms with Gasteiger partial charge in [0.25, 0.3) is 0 Å². The maximum atomic E-state index is 14.1. The van der Waals surface area contributed by atoms with Gasteiger partial charge in [-0.1, -0.05) is 0 Å². The van der Waals surface area contributed by atoms with Gasteiger partial charge in [-0.25, -0.2) is 9.18 Å². The van der Waals surface area contributed by atoms with Crippen molar-refractivity contribution in [3.63, 3.8) is 0 Å². The standard InChI is InChI=1S/C25H36FNO5/c1-24(2,3)32-23(30)27-11-9-25(10-12-27)16-18(17-25)5-4-14-31-19-6-7-20(21(26)15-19)22(29)8-13-28/h6-7,15,18,28H,4-5,8-14,16-17H2,1-3H3. The lowest BCUT2D eigenvalue weighted by atomic mass is 9.56. The molecule has 0 unspecified atom stereocenters. The summed E-state index contributed by atoms with van der Waals surface area (Å²) in [7, 11) is 0. The monoisotopic (exact) mass is 449 g/mol. The van der Waals surface area contributed by atoms with E-state index in [4.69, 9.17) is 14.6 Å². The highest BCUT2D eigenvalue weighted by Crippen LogP contribution is 2.54. The highest BCUT2D eigenvalue weighted by atomic mass is 19.1. The molecule has 1 aromatic carbocycles.